The smallest absolute Gasteiger partial charge is 0.207 e. The molecule has 0 saturated heterocycles. The molecule has 1 heterocycles. The molecule has 7 nitrogen and oxygen atoms in total. The van der Waals surface area contributed by atoms with Crippen molar-refractivity contribution in [1.29, 1.82) is 0 Å². The molecule has 3 aromatic rings. The maximum absolute atomic E-state index is 14.6. The van der Waals surface area contributed by atoms with Crippen molar-refractivity contribution in [2.45, 2.75) is 26.0 Å². The molecule has 0 saturated carbocycles. The van der Waals surface area contributed by atoms with Gasteiger partial charge in [0.05, 0.1) is 23.8 Å². The number of nitrogens with one attached hydrogen (secondary N) is 1. The number of amides is 1. The lowest BCUT2D eigenvalue weighted by molar-refractivity contribution is -0.110. The van der Waals surface area contributed by atoms with E-state index in [2.05, 4.69) is 22.1 Å². The molecule has 2 aromatic carbocycles. The summed E-state index contributed by atoms with van der Waals surface area (Å²) in [5.41, 5.74) is 2.02. The summed E-state index contributed by atoms with van der Waals surface area (Å²) in [6, 6.07) is 7.52. The summed E-state index contributed by atoms with van der Waals surface area (Å²) in [6.07, 6.45) is 2.18. The lowest BCUT2D eigenvalue weighted by Gasteiger charge is -2.15. The number of aliphatic hydroxyl groups is 1. The van der Waals surface area contributed by atoms with Crippen LogP contribution >= 0.6 is 22.9 Å². The number of halogens is 2. The van der Waals surface area contributed by atoms with Crippen LogP contribution in [0.3, 0.4) is 0 Å². The normalized spacial score (nSPS) is 11.8. The van der Waals surface area contributed by atoms with E-state index in [0.717, 1.165) is 16.9 Å². The van der Waals surface area contributed by atoms with Crippen LogP contribution in [0.15, 0.2) is 36.9 Å². The number of aliphatic hydroxyl groups excluding tert-OH is 1. The summed E-state index contributed by atoms with van der Waals surface area (Å²) in [5.74, 6) is -0.0324. The van der Waals surface area contributed by atoms with E-state index < -0.39 is 11.9 Å². The van der Waals surface area contributed by atoms with E-state index in [0.29, 0.717) is 22.0 Å². The van der Waals surface area contributed by atoms with Crippen LogP contribution in [0, 0.1) is 5.82 Å². The number of hydrogen-bond acceptors (Lipinski definition) is 7. The maximum Gasteiger partial charge on any atom is 0.207 e. The number of carbonyl (C=O) groups is 1. The van der Waals surface area contributed by atoms with Gasteiger partial charge < -0.3 is 19.9 Å². The fourth-order valence-electron chi connectivity index (χ4n) is 2.89. The molecule has 1 atom stereocenters. The minimum atomic E-state index is -0.663. The van der Waals surface area contributed by atoms with Gasteiger partial charge in [0.25, 0.3) is 0 Å². The standard InChI is InChI=1S/C23H23ClFN3O4S/c1-4-14-7-15(5-6-20(14)32-13(2)3)22-27-28-23(33-22)17-8-19(25)21(9-18(17)24)31-11-16(10-29)26-12-30/h4-9,12-13,16,29H,1,10-11H2,2-3H3,(H,26,30)/t16-/m1/s1. The Hall–Kier alpha value is -3.01. The second-order valence-corrected chi connectivity index (χ2v) is 8.66. The molecule has 0 radical (unpaired) electrons. The third-order valence-electron chi connectivity index (χ3n) is 4.48. The molecule has 33 heavy (non-hydrogen) atoms. The van der Waals surface area contributed by atoms with Crippen LogP contribution in [-0.2, 0) is 4.79 Å². The molecule has 0 spiro atoms. The molecule has 0 fully saturated rings. The maximum atomic E-state index is 14.6. The van der Waals surface area contributed by atoms with Crippen molar-refractivity contribution in [3.8, 4) is 32.6 Å². The topological polar surface area (TPSA) is 93.6 Å². The molecule has 1 amide bonds. The Balaban J connectivity index is 1.83. The van der Waals surface area contributed by atoms with E-state index in [1.807, 2.05) is 32.0 Å². The van der Waals surface area contributed by atoms with Crippen molar-refractivity contribution in [2.24, 2.45) is 0 Å². The number of nitrogens with zero attached hydrogens (tertiary/aromatic N) is 2. The molecule has 2 N–H and O–H groups in total. The summed E-state index contributed by atoms with van der Waals surface area (Å²) < 4.78 is 25.8. The third-order valence-corrected chi connectivity index (χ3v) is 5.80. The SMILES string of the molecule is C=Cc1cc(-c2nnc(-c3cc(F)c(OC[C@@H](CO)NC=O)cc3Cl)s2)ccc1OC(C)C. The Morgan fingerprint density at radius 1 is 1.24 bits per heavy atom. The molecule has 174 valence electrons. The van der Waals surface area contributed by atoms with Gasteiger partial charge in [0, 0.05) is 22.8 Å². The van der Waals surface area contributed by atoms with Crippen molar-refractivity contribution in [1.82, 2.24) is 15.5 Å². The number of benzene rings is 2. The van der Waals surface area contributed by atoms with Gasteiger partial charge in [0.1, 0.15) is 22.4 Å². The summed E-state index contributed by atoms with van der Waals surface area (Å²) >= 11 is 7.62. The van der Waals surface area contributed by atoms with E-state index in [1.54, 1.807) is 6.08 Å². The average molecular weight is 492 g/mol. The van der Waals surface area contributed by atoms with Crippen LogP contribution in [0.25, 0.3) is 27.2 Å². The Labute approximate surface area is 199 Å². The van der Waals surface area contributed by atoms with Crippen LogP contribution in [0.5, 0.6) is 11.5 Å². The fraction of sp³-hybridized carbons (Fsp3) is 0.261. The average Bonchev–Trinajstić information content (AvgIpc) is 3.28. The number of ether oxygens (including phenoxy) is 2. The highest BCUT2D eigenvalue weighted by Crippen LogP contribution is 2.38. The Bertz CT molecular complexity index is 1140. The van der Waals surface area contributed by atoms with Crippen molar-refractivity contribution in [2.75, 3.05) is 13.2 Å². The molecule has 0 aliphatic carbocycles. The summed E-state index contributed by atoms with van der Waals surface area (Å²) in [7, 11) is 0. The van der Waals surface area contributed by atoms with Gasteiger partial charge in [-0.05, 0) is 38.1 Å². The highest BCUT2D eigenvalue weighted by atomic mass is 35.5. The van der Waals surface area contributed by atoms with E-state index in [9.17, 15) is 14.3 Å². The Kier molecular flexibility index (Phi) is 8.37. The van der Waals surface area contributed by atoms with Crippen LogP contribution < -0.4 is 14.8 Å². The van der Waals surface area contributed by atoms with E-state index in [1.165, 1.54) is 23.5 Å². The quantitative estimate of drug-likeness (QED) is 0.381. The Morgan fingerprint density at radius 3 is 2.67 bits per heavy atom. The molecule has 3 rings (SSSR count). The number of hydrogen-bond donors (Lipinski definition) is 2. The van der Waals surface area contributed by atoms with Crippen molar-refractivity contribution in [3.05, 3.63) is 53.3 Å². The highest BCUT2D eigenvalue weighted by Gasteiger charge is 2.18. The molecule has 0 bridgehead atoms. The van der Waals surface area contributed by atoms with Gasteiger partial charge in [0.2, 0.25) is 6.41 Å². The third kappa shape index (κ3) is 6.07. The second-order valence-electron chi connectivity index (χ2n) is 7.27. The number of rotatable bonds is 11. The van der Waals surface area contributed by atoms with E-state index >= 15 is 0 Å². The predicted octanol–water partition coefficient (Wildman–Crippen LogP) is 4.58. The van der Waals surface area contributed by atoms with Gasteiger partial charge in [-0.1, -0.05) is 35.6 Å². The Morgan fingerprint density at radius 2 is 2.00 bits per heavy atom. The van der Waals surface area contributed by atoms with Crippen LogP contribution in [0.2, 0.25) is 5.02 Å². The van der Waals surface area contributed by atoms with Gasteiger partial charge >= 0.3 is 0 Å². The largest absolute Gasteiger partial charge is 0.490 e. The van der Waals surface area contributed by atoms with Crippen LogP contribution in [-0.4, -0.2) is 47.1 Å². The van der Waals surface area contributed by atoms with Crippen LogP contribution in [0.4, 0.5) is 4.39 Å². The fourth-order valence-corrected chi connectivity index (χ4v) is 4.06. The summed E-state index contributed by atoms with van der Waals surface area (Å²) in [5, 5.41) is 21.3. The first kappa shape index (κ1) is 24.6. The van der Waals surface area contributed by atoms with Crippen LogP contribution in [0.1, 0.15) is 19.4 Å². The van der Waals surface area contributed by atoms with Crippen molar-refractivity contribution >= 4 is 35.4 Å². The minimum absolute atomic E-state index is 0.0301. The lowest BCUT2D eigenvalue weighted by atomic mass is 10.1. The highest BCUT2D eigenvalue weighted by molar-refractivity contribution is 7.18. The summed E-state index contributed by atoms with van der Waals surface area (Å²) in [6.45, 7) is 7.27. The monoisotopic (exact) mass is 491 g/mol. The predicted molar refractivity (Wildman–Crippen MR) is 127 cm³/mol. The number of carbonyl (C=O) groups excluding carboxylic acids is 1. The van der Waals surface area contributed by atoms with E-state index in [-0.39, 0.29) is 30.1 Å². The number of aromatic nitrogens is 2. The zero-order valence-electron chi connectivity index (χ0n) is 18.0. The van der Waals surface area contributed by atoms with Crippen molar-refractivity contribution < 1.29 is 23.8 Å². The van der Waals surface area contributed by atoms with Gasteiger partial charge in [-0.3, -0.25) is 4.79 Å². The molecule has 10 heteroatoms. The zero-order chi connectivity index (χ0) is 24.0. The van der Waals surface area contributed by atoms with Gasteiger partial charge in [-0.2, -0.15) is 0 Å². The minimum Gasteiger partial charge on any atom is -0.490 e. The second kappa shape index (κ2) is 11.2. The first-order valence-corrected chi connectivity index (χ1v) is 11.3. The molecule has 0 unspecified atom stereocenters. The first-order chi connectivity index (χ1) is 15.9. The molecular formula is C23H23ClFN3O4S. The van der Waals surface area contributed by atoms with Gasteiger partial charge in [-0.25, -0.2) is 4.39 Å². The molecule has 0 aliphatic rings. The summed E-state index contributed by atoms with van der Waals surface area (Å²) in [4.78, 5) is 10.5. The molecular weight excluding hydrogens is 469 g/mol. The van der Waals surface area contributed by atoms with E-state index in [4.69, 9.17) is 21.1 Å². The van der Waals surface area contributed by atoms with Gasteiger partial charge in [-0.15, -0.1) is 10.2 Å². The first-order valence-electron chi connectivity index (χ1n) is 10.1. The van der Waals surface area contributed by atoms with Crippen molar-refractivity contribution in [3.63, 3.8) is 0 Å². The zero-order valence-corrected chi connectivity index (χ0v) is 19.6. The molecule has 0 aliphatic heterocycles. The van der Waals surface area contributed by atoms with Gasteiger partial charge in [0.15, 0.2) is 11.6 Å². The lowest BCUT2D eigenvalue weighted by Crippen LogP contribution is -2.36. The molecule has 1 aromatic heterocycles.